The number of thiophene rings is 1. The molecule has 0 saturated carbocycles. The quantitative estimate of drug-likeness (QED) is 0.287. The molecular formula is C20H29IN4O2S. The molecule has 1 aromatic heterocycles. The summed E-state index contributed by atoms with van der Waals surface area (Å²) in [6, 6.07) is 11.8. The van der Waals surface area contributed by atoms with Gasteiger partial charge in [0.25, 0.3) is 0 Å². The Morgan fingerprint density at radius 2 is 1.86 bits per heavy atom. The highest BCUT2D eigenvalue weighted by atomic mass is 127. The number of hydrogen-bond donors (Lipinski definition) is 3. The van der Waals surface area contributed by atoms with Crippen LogP contribution >= 0.6 is 35.3 Å². The molecule has 6 nitrogen and oxygen atoms in total. The van der Waals surface area contributed by atoms with E-state index in [9.17, 15) is 4.79 Å². The summed E-state index contributed by atoms with van der Waals surface area (Å²) in [7, 11) is 3.33. The molecule has 1 aromatic carbocycles. The van der Waals surface area contributed by atoms with E-state index < -0.39 is 0 Å². The van der Waals surface area contributed by atoms with Gasteiger partial charge in [-0.25, -0.2) is 0 Å². The van der Waals surface area contributed by atoms with Gasteiger partial charge in [-0.05, 0) is 29.1 Å². The van der Waals surface area contributed by atoms with Gasteiger partial charge in [-0.3, -0.25) is 9.79 Å². The van der Waals surface area contributed by atoms with Gasteiger partial charge in [0.2, 0.25) is 5.91 Å². The number of amides is 1. The number of halogens is 1. The molecule has 0 saturated heterocycles. The SMILES string of the molecule is CN=C(NCC(=O)NCc1ccc(OC)cc1)NCC(C)(C)c1cccs1.I. The van der Waals surface area contributed by atoms with Crippen LogP contribution in [0.4, 0.5) is 0 Å². The maximum Gasteiger partial charge on any atom is 0.239 e. The highest BCUT2D eigenvalue weighted by Gasteiger charge is 2.22. The number of hydrogen-bond acceptors (Lipinski definition) is 4. The molecular weight excluding hydrogens is 487 g/mol. The first kappa shape index (κ1) is 24.2. The van der Waals surface area contributed by atoms with Crippen LogP contribution in [-0.2, 0) is 16.8 Å². The Morgan fingerprint density at radius 3 is 2.43 bits per heavy atom. The van der Waals surface area contributed by atoms with Crippen LogP contribution in [0.5, 0.6) is 5.75 Å². The summed E-state index contributed by atoms with van der Waals surface area (Å²) in [6.45, 7) is 5.72. The number of aliphatic imine (C=N–C) groups is 1. The fourth-order valence-electron chi connectivity index (χ4n) is 2.45. The molecule has 1 amide bonds. The van der Waals surface area contributed by atoms with E-state index in [0.717, 1.165) is 17.9 Å². The largest absolute Gasteiger partial charge is 0.497 e. The van der Waals surface area contributed by atoms with Gasteiger partial charge in [0.15, 0.2) is 5.96 Å². The van der Waals surface area contributed by atoms with E-state index in [1.54, 1.807) is 25.5 Å². The Balaban J connectivity index is 0.00000392. The van der Waals surface area contributed by atoms with E-state index in [2.05, 4.69) is 52.3 Å². The molecule has 28 heavy (non-hydrogen) atoms. The van der Waals surface area contributed by atoms with Gasteiger partial charge in [0, 0.05) is 30.4 Å². The van der Waals surface area contributed by atoms with Crippen molar-refractivity contribution in [2.24, 2.45) is 4.99 Å². The predicted octanol–water partition coefficient (Wildman–Crippen LogP) is 3.13. The standard InChI is InChI=1S/C20H28N4O2S.HI/c1-20(2,17-6-5-11-27-17)14-24-19(21-3)23-13-18(25)22-12-15-7-9-16(26-4)10-8-15;/h5-11H,12-14H2,1-4H3,(H,22,25)(H2,21,23,24);1H. The van der Waals surface area contributed by atoms with E-state index in [4.69, 9.17) is 4.74 Å². The van der Waals surface area contributed by atoms with Crippen LogP contribution in [0, 0.1) is 0 Å². The van der Waals surface area contributed by atoms with Crippen molar-refractivity contribution >= 4 is 47.2 Å². The minimum absolute atomic E-state index is 0. The summed E-state index contributed by atoms with van der Waals surface area (Å²) in [4.78, 5) is 17.6. The first-order valence-electron chi connectivity index (χ1n) is 8.83. The number of guanidine groups is 1. The lowest BCUT2D eigenvalue weighted by Crippen LogP contribution is -2.46. The minimum atomic E-state index is -0.0914. The highest BCUT2D eigenvalue weighted by Crippen LogP contribution is 2.26. The number of nitrogens with zero attached hydrogens (tertiary/aromatic N) is 1. The van der Waals surface area contributed by atoms with Crippen LogP contribution in [0.25, 0.3) is 0 Å². The molecule has 0 aliphatic carbocycles. The Morgan fingerprint density at radius 1 is 1.14 bits per heavy atom. The van der Waals surface area contributed by atoms with Gasteiger partial charge < -0.3 is 20.7 Å². The third-order valence-electron chi connectivity index (χ3n) is 4.17. The summed E-state index contributed by atoms with van der Waals surface area (Å²) in [6.07, 6.45) is 0. The molecule has 0 fully saturated rings. The smallest absolute Gasteiger partial charge is 0.239 e. The minimum Gasteiger partial charge on any atom is -0.497 e. The van der Waals surface area contributed by atoms with Crippen molar-refractivity contribution in [3.05, 3.63) is 52.2 Å². The predicted molar refractivity (Wildman–Crippen MR) is 127 cm³/mol. The van der Waals surface area contributed by atoms with Crippen LogP contribution in [0.3, 0.4) is 0 Å². The number of nitrogens with one attached hydrogen (secondary N) is 3. The van der Waals surface area contributed by atoms with E-state index in [0.29, 0.717) is 12.5 Å². The molecule has 154 valence electrons. The summed E-state index contributed by atoms with van der Waals surface area (Å²) < 4.78 is 5.13. The summed E-state index contributed by atoms with van der Waals surface area (Å²) in [5.74, 6) is 1.32. The molecule has 2 aromatic rings. The van der Waals surface area contributed by atoms with Crippen molar-refractivity contribution in [2.45, 2.75) is 25.8 Å². The molecule has 0 atom stereocenters. The van der Waals surface area contributed by atoms with Gasteiger partial charge in [-0.1, -0.05) is 32.0 Å². The fourth-order valence-corrected chi connectivity index (χ4v) is 3.30. The normalized spacial score (nSPS) is 11.4. The molecule has 8 heteroatoms. The second-order valence-corrected chi connectivity index (χ2v) is 7.71. The second kappa shape index (κ2) is 11.9. The van der Waals surface area contributed by atoms with Crippen molar-refractivity contribution in [2.75, 3.05) is 27.2 Å². The van der Waals surface area contributed by atoms with E-state index in [1.807, 2.05) is 24.3 Å². The average molecular weight is 516 g/mol. The van der Waals surface area contributed by atoms with Crippen LogP contribution in [0.1, 0.15) is 24.3 Å². The van der Waals surface area contributed by atoms with Crippen molar-refractivity contribution in [1.29, 1.82) is 0 Å². The molecule has 0 aliphatic heterocycles. The van der Waals surface area contributed by atoms with E-state index in [1.165, 1.54) is 4.88 Å². The topological polar surface area (TPSA) is 74.8 Å². The zero-order valence-corrected chi connectivity index (χ0v) is 19.9. The van der Waals surface area contributed by atoms with Gasteiger partial charge in [-0.2, -0.15) is 0 Å². The fraction of sp³-hybridized carbons (Fsp3) is 0.400. The van der Waals surface area contributed by atoms with Crippen molar-refractivity contribution in [1.82, 2.24) is 16.0 Å². The molecule has 0 spiro atoms. The lowest BCUT2D eigenvalue weighted by molar-refractivity contribution is -0.120. The molecule has 2 rings (SSSR count). The van der Waals surface area contributed by atoms with Gasteiger partial charge >= 0.3 is 0 Å². The third-order valence-corrected chi connectivity index (χ3v) is 5.41. The Hall–Kier alpha value is -1.81. The molecule has 0 unspecified atom stereocenters. The first-order valence-corrected chi connectivity index (χ1v) is 9.70. The Labute approximate surface area is 188 Å². The Kier molecular flexibility index (Phi) is 10.3. The molecule has 1 heterocycles. The maximum atomic E-state index is 12.1. The van der Waals surface area contributed by atoms with Crippen molar-refractivity contribution in [3.63, 3.8) is 0 Å². The molecule has 0 aliphatic rings. The number of carbonyl (C=O) groups excluding carboxylic acids is 1. The first-order chi connectivity index (χ1) is 12.9. The zero-order chi connectivity index (χ0) is 19.7. The number of methoxy groups -OCH3 is 1. The highest BCUT2D eigenvalue weighted by molar-refractivity contribution is 14.0. The average Bonchev–Trinajstić information content (AvgIpc) is 3.22. The van der Waals surface area contributed by atoms with Crippen LogP contribution < -0.4 is 20.7 Å². The monoisotopic (exact) mass is 516 g/mol. The molecule has 0 radical (unpaired) electrons. The zero-order valence-electron chi connectivity index (χ0n) is 16.7. The maximum absolute atomic E-state index is 12.1. The van der Waals surface area contributed by atoms with Crippen molar-refractivity contribution < 1.29 is 9.53 Å². The lowest BCUT2D eigenvalue weighted by atomic mass is 9.91. The molecule has 3 N–H and O–H groups in total. The third kappa shape index (κ3) is 7.67. The van der Waals surface area contributed by atoms with E-state index in [-0.39, 0.29) is 41.8 Å². The van der Waals surface area contributed by atoms with Gasteiger partial charge in [0.05, 0.1) is 13.7 Å². The lowest BCUT2D eigenvalue weighted by Gasteiger charge is -2.25. The van der Waals surface area contributed by atoms with Crippen LogP contribution in [0.15, 0.2) is 46.8 Å². The Bertz CT molecular complexity index is 746. The number of benzene rings is 1. The summed E-state index contributed by atoms with van der Waals surface area (Å²) >= 11 is 1.74. The second-order valence-electron chi connectivity index (χ2n) is 6.77. The molecule has 0 bridgehead atoms. The number of carbonyl (C=O) groups is 1. The van der Waals surface area contributed by atoms with Gasteiger partial charge in [-0.15, -0.1) is 35.3 Å². The number of rotatable bonds is 8. The van der Waals surface area contributed by atoms with E-state index >= 15 is 0 Å². The van der Waals surface area contributed by atoms with Gasteiger partial charge in [0.1, 0.15) is 5.75 Å². The summed E-state index contributed by atoms with van der Waals surface area (Å²) in [5, 5.41) is 11.3. The van der Waals surface area contributed by atoms with Crippen LogP contribution in [-0.4, -0.2) is 39.1 Å². The number of ether oxygens (including phenoxy) is 1. The van der Waals surface area contributed by atoms with Crippen LogP contribution in [0.2, 0.25) is 0 Å². The van der Waals surface area contributed by atoms with Crippen molar-refractivity contribution in [3.8, 4) is 5.75 Å². The summed E-state index contributed by atoms with van der Waals surface area (Å²) in [5.41, 5.74) is 1.01.